The molecule has 0 aliphatic carbocycles. The summed E-state index contributed by atoms with van der Waals surface area (Å²) in [5.74, 6) is 0.233. The first-order valence-corrected chi connectivity index (χ1v) is 9.11. The number of amides is 1. The number of carbonyl (C=O) groups is 1. The van der Waals surface area contributed by atoms with E-state index in [2.05, 4.69) is 25.5 Å². The lowest BCUT2D eigenvalue weighted by molar-refractivity contribution is -0.134. The zero-order valence-electron chi connectivity index (χ0n) is 15.8. The second-order valence-corrected chi connectivity index (χ2v) is 6.72. The van der Waals surface area contributed by atoms with Crippen LogP contribution in [0.15, 0.2) is 65.7 Å². The van der Waals surface area contributed by atoms with Crippen LogP contribution in [0.3, 0.4) is 0 Å². The van der Waals surface area contributed by atoms with Crippen molar-refractivity contribution in [1.29, 1.82) is 0 Å². The van der Waals surface area contributed by atoms with Gasteiger partial charge in [0.1, 0.15) is 18.2 Å². The van der Waals surface area contributed by atoms with Crippen LogP contribution in [0, 0.1) is 0 Å². The van der Waals surface area contributed by atoms with Gasteiger partial charge in [-0.3, -0.25) is 9.59 Å². The van der Waals surface area contributed by atoms with Crippen molar-refractivity contribution >= 4 is 16.8 Å². The lowest BCUT2D eigenvalue weighted by Crippen LogP contribution is -2.36. The van der Waals surface area contributed by atoms with Crippen molar-refractivity contribution < 1.29 is 4.79 Å². The van der Waals surface area contributed by atoms with Crippen LogP contribution in [0.5, 0.6) is 0 Å². The van der Waals surface area contributed by atoms with E-state index in [4.69, 9.17) is 0 Å². The third-order valence-corrected chi connectivity index (χ3v) is 4.67. The Labute approximate surface area is 166 Å². The molecule has 146 valence electrons. The Hall–Kier alpha value is -3.88. The van der Waals surface area contributed by atoms with Gasteiger partial charge < -0.3 is 9.88 Å². The van der Waals surface area contributed by atoms with E-state index in [0.717, 1.165) is 5.56 Å². The first kappa shape index (κ1) is 18.5. The predicted octanol–water partition coefficient (Wildman–Crippen LogP) is 1.35. The van der Waals surface area contributed by atoms with Crippen molar-refractivity contribution in [2.75, 3.05) is 7.05 Å². The van der Waals surface area contributed by atoms with Gasteiger partial charge in [0.05, 0.1) is 17.4 Å². The molecule has 0 radical (unpaired) electrons. The molecular formula is C20H19N7O2. The van der Waals surface area contributed by atoms with Gasteiger partial charge >= 0.3 is 0 Å². The molecule has 0 saturated heterocycles. The van der Waals surface area contributed by atoms with Crippen molar-refractivity contribution in [2.45, 2.75) is 19.0 Å². The summed E-state index contributed by atoms with van der Waals surface area (Å²) in [6.45, 7) is 0.159. The minimum atomic E-state index is -0.607. The molecule has 9 nitrogen and oxygen atoms in total. The molecule has 0 aliphatic heterocycles. The Morgan fingerprint density at radius 1 is 1.14 bits per heavy atom. The van der Waals surface area contributed by atoms with Crippen LogP contribution >= 0.6 is 0 Å². The fraction of sp³-hybridized carbons (Fsp3) is 0.200. The molecule has 0 fully saturated rings. The predicted molar refractivity (Wildman–Crippen MR) is 106 cm³/mol. The second-order valence-electron chi connectivity index (χ2n) is 6.72. The highest BCUT2D eigenvalue weighted by Gasteiger charge is 2.26. The first-order chi connectivity index (χ1) is 14.1. The topological polar surface area (TPSA) is 110 Å². The molecule has 1 atom stereocenters. The highest BCUT2D eigenvalue weighted by Crippen LogP contribution is 2.17. The molecule has 1 N–H and O–H groups in total. The zero-order chi connectivity index (χ0) is 20.2. The van der Waals surface area contributed by atoms with E-state index in [1.807, 2.05) is 36.4 Å². The average Bonchev–Trinajstić information content (AvgIpc) is 3.27. The number of para-hydroxylation sites is 1. The van der Waals surface area contributed by atoms with E-state index in [9.17, 15) is 9.59 Å². The van der Waals surface area contributed by atoms with Gasteiger partial charge in [-0.05, 0) is 28.1 Å². The number of H-pyrrole nitrogens is 1. The number of tetrazole rings is 1. The summed E-state index contributed by atoms with van der Waals surface area (Å²) in [5.41, 5.74) is 1.35. The molecule has 2 heterocycles. The molecule has 0 saturated carbocycles. The van der Waals surface area contributed by atoms with E-state index in [0.29, 0.717) is 23.1 Å². The molecule has 0 aliphatic rings. The SMILES string of the molecule is CN(Cc1nc2ccccc2c(=O)[nH]1)C(=O)C(Cc1ccccc1)n1cnnn1. The minimum Gasteiger partial charge on any atom is -0.336 e. The van der Waals surface area contributed by atoms with Crippen LogP contribution < -0.4 is 5.56 Å². The number of hydrogen-bond donors (Lipinski definition) is 1. The van der Waals surface area contributed by atoms with Crippen molar-refractivity contribution in [2.24, 2.45) is 0 Å². The summed E-state index contributed by atoms with van der Waals surface area (Å²) in [5, 5.41) is 11.7. The Morgan fingerprint density at radius 2 is 1.90 bits per heavy atom. The molecule has 1 unspecified atom stereocenters. The van der Waals surface area contributed by atoms with E-state index in [-0.39, 0.29) is 18.0 Å². The summed E-state index contributed by atoms with van der Waals surface area (Å²) in [6.07, 6.45) is 1.87. The van der Waals surface area contributed by atoms with Crippen molar-refractivity contribution in [1.82, 2.24) is 35.1 Å². The number of benzene rings is 2. The number of carbonyl (C=O) groups excluding carboxylic acids is 1. The molecule has 2 aromatic carbocycles. The molecule has 4 aromatic rings. The number of aromatic amines is 1. The fourth-order valence-corrected chi connectivity index (χ4v) is 3.21. The lowest BCUT2D eigenvalue weighted by atomic mass is 10.1. The quantitative estimate of drug-likeness (QED) is 0.533. The molecule has 0 spiro atoms. The van der Waals surface area contributed by atoms with Crippen LogP contribution in [-0.2, 0) is 17.8 Å². The maximum Gasteiger partial charge on any atom is 0.258 e. The first-order valence-electron chi connectivity index (χ1n) is 9.11. The van der Waals surface area contributed by atoms with Gasteiger partial charge in [0, 0.05) is 13.5 Å². The summed E-state index contributed by atoms with van der Waals surface area (Å²) in [7, 11) is 1.67. The van der Waals surface area contributed by atoms with Crippen molar-refractivity contribution in [3.05, 3.63) is 82.7 Å². The maximum atomic E-state index is 13.2. The molecule has 0 bridgehead atoms. The van der Waals surface area contributed by atoms with Crippen LogP contribution in [0.1, 0.15) is 17.4 Å². The van der Waals surface area contributed by atoms with E-state index >= 15 is 0 Å². The number of nitrogens with one attached hydrogen (secondary N) is 1. The Morgan fingerprint density at radius 3 is 2.66 bits per heavy atom. The monoisotopic (exact) mass is 389 g/mol. The van der Waals surface area contributed by atoms with Gasteiger partial charge in [0.25, 0.3) is 5.56 Å². The second kappa shape index (κ2) is 8.01. The normalized spacial score (nSPS) is 12.0. The standard InChI is InChI=1S/C20H19N7O2/c1-26(12-18-22-16-10-6-5-9-15(16)19(28)23-18)20(29)17(27-13-21-24-25-27)11-14-7-3-2-4-8-14/h2-10,13,17H,11-12H2,1H3,(H,22,23,28). The van der Waals surface area contributed by atoms with Crippen molar-refractivity contribution in [3.8, 4) is 0 Å². The van der Waals surface area contributed by atoms with Gasteiger partial charge in [-0.15, -0.1) is 5.10 Å². The van der Waals surface area contributed by atoms with Gasteiger partial charge in [0.15, 0.2) is 0 Å². The number of aromatic nitrogens is 6. The molecule has 1 amide bonds. The third-order valence-electron chi connectivity index (χ3n) is 4.67. The molecular weight excluding hydrogens is 370 g/mol. The number of fused-ring (bicyclic) bond motifs is 1. The summed E-state index contributed by atoms with van der Waals surface area (Å²) >= 11 is 0. The smallest absolute Gasteiger partial charge is 0.258 e. The average molecular weight is 389 g/mol. The van der Waals surface area contributed by atoms with E-state index < -0.39 is 6.04 Å². The van der Waals surface area contributed by atoms with Crippen LogP contribution in [0.25, 0.3) is 10.9 Å². The highest BCUT2D eigenvalue weighted by atomic mass is 16.2. The van der Waals surface area contributed by atoms with Gasteiger partial charge in [-0.25, -0.2) is 9.67 Å². The third kappa shape index (κ3) is 4.03. The summed E-state index contributed by atoms with van der Waals surface area (Å²) in [4.78, 5) is 34.2. The van der Waals surface area contributed by atoms with E-state index in [1.165, 1.54) is 15.9 Å². The number of likely N-dealkylation sites (N-methyl/N-ethyl adjacent to an activating group) is 1. The van der Waals surface area contributed by atoms with Gasteiger partial charge in [-0.2, -0.15) is 0 Å². The van der Waals surface area contributed by atoms with E-state index in [1.54, 1.807) is 25.2 Å². The van der Waals surface area contributed by atoms with Crippen LogP contribution in [0.2, 0.25) is 0 Å². The number of hydrogen-bond acceptors (Lipinski definition) is 6. The van der Waals surface area contributed by atoms with Crippen molar-refractivity contribution in [3.63, 3.8) is 0 Å². The van der Waals surface area contributed by atoms with Gasteiger partial charge in [-0.1, -0.05) is 42.5 Å². The Balaban J connectivity index is 1.58. The number of nitrogens with zero attached hydrogens (tertiary/aromatic N) is 6. The molecule has 29 heavy (non-hydrogen) atoms. The van der Waals surface area contributed by atoms with Crippen LogP contribution in [0.4, 0.5) is 0 Å². The molecule has 2 aromatic heterocycles. The number of rotatable bonds is 6. The highest BCUT2D eigenvalue weighted by molar-refractivity contribution is 5.80. The minimum absolute atomic E-state index is 0.159. The lowest BCUT2D eigenvalue weighted by Gasteiger charge is -2.23. The Kier molecular flexibility index (Phi) is 5.10. The summed E-state index contributed by atoms with van der Waals surface area (Å²) < 4.78 is 1.45. The largest absolute Gasteiger partial charge is 0.336 e. The Bertz CT molecular complexity index is 1170. The van der Waals surface area contributed by atoms with Gasteiger partial charge in [0.2, 0.25) is 5.91 Å². The van der Waals surface area contributed by atoms with Crippen LogP contribution in [-0.4, -0.2) is 48.0 Å². The molecule has 9 heteroatoms. The summed E-state index contributed by atoms with van der Waals surface area (Å²) in [6, 6.07) is 16.2. The fourth-order valence-electron chi connectivity index (χ4n) is 3.21. The zero-order valence-corrected chi connectivity index (χ0v) is 15.8. The molecule has 4 rings (SSSR count). The maximum absolute atomic E-state index is 13.2.